The van der Waals surface area contributed by atoms with Gasteiger partial charge in [0.1, 0.15) is 5.75 Å². The summed E-state index contributed by atoms with van der Waals surface area (Å²) in [6, 6.07) is 5.63. The van der Waals surface area contributed by atoms with Crippen molar-refractivity contribution in [2.24, 2.45) is 11.8 Å². The minimum absolute atomic E-state index is 0.190. The van der Waals surface area contributed by atoms with E-state index >= 15 is 0 Å². The van der Waals surface area contributed by atoms with E-state index in [4.69, 9.17) is 11.6 Å². The topological polar surface area (TPSA) is 20.2 Å². The average Bonchev–Trinajstić information content (AvgIpc) is 2.57. The minimum atomic E-state index is 0.190. The molecule has 1 aliphatic rings. The molecule has 0 amide bonds. The Morgan fingerprint density at radius 2 is 1.61 bits per heavy atom. The molecule has 1 fully saturated rings. The summed E-state index contributed by atoms with van der Waals surface area (Å²) in [5.74, 6) is 2.07. The Hall–Kier alpha value is -0.690. The van der Waals surface area contributed by atoms with E-state index < -0.39 is 0 Å². The van der Waals surface area contributed by atoms with Gasteiger partial charge >= 0.3 is 0 Å². The Labute approximate surface area is 147 Å². The summed E-state index contributed by atoms with van der Waals surface area (Å²) in [5, 5.41) is 9.96. The predicted molar refractivity (Wildman–Crippen MR) is 100 cm³/mol. The van der Waals surface area contributed by atoms with Crippen LogP contribution in [-0.2, 0) is 6.42 Å². The number of rotatable bonds is 9. The molecule has 1 N–H and O–H groups in total. The first-order valence-corrected chi connectivity index (χ1v) is 10.0. The molecule has 1 saturated carbocycles. The normalized spacial score (nSPS) is 21.5. The third kappa shape index (κ3) is 6.75. The van der Waals surface area contributed by atoms with Crippen molar-refractivity contribution in [3.8, 4) is 5.75 Å². The number of benzene rings is 1. The van der Waals surface area contributed by atoms with Crippen LogP contribution in [0.15, 0.2) is 18.2 Å². The number of phenols is 1. The lowest BCUT2D eigenvalue weighted by atomic mass is 9.77. The highest BCUT2D eigenvalue weighted by atomic mass is 35.5. The lowest BCUT2D eigenvalue weighted by molar-refractivity contribution is 0.248. The SMILES string of the molecule is CCCCCCCC1CCC(CCc2ccc(O)c(Cl)c2)CC1. The van der Waals surface area contributed by atoms with Gasteiger partial charge in [0, 0.05) is 0 Å². The van der Waals surface area contributed by atoms with Crippen LogP contribution in [0.1, 0.15) is 83.1 Å². The standard InChI is InChI=1S/C21H33ClO/c1-2-3-4-5-6-7-17-8-10-18(11-9-17)12-13-19-14-15-21(23)20(22)16-19/h14-18,23H,2-13H2,1H3. The first-order valence-electron chi connectivity index (χ1n) is 9.66. The van der Waals surface area contributed by atoms with Crippen molar-refractivity contribution < 1.29 is 5.11 Å². The zero-order chi connectivity index (χ0) is 16.5. The largest absolute Gasteiger partial charge is 0.506 e. The first kappa shape index (κ1) is 18.6. The number of aromatic hydroxyl groups is 1. The zero-order valence-corrected chi connectivity index (χ0v) is 15.5. The fourth-order valence-corrected chi connectivity index (χ4v) is 4.13. The van der Waals surface area contributed by atoms with E-state index in [9.17, 15) is 5.11 Å². The Bertz CT molecular complexity index is 449. The van der Waals surface area contributed by atoms with Gasteiger partial charge < -0.3 is 5.11 Å². The third-order valence-electron chi connectivity index (χ3n) is 5.54. The summed E-state index contributed by atoms with van der Waals surface area (Å²) >= 11 is 5.98. The molecule has 0 heterocycles. The van der Waals surface area contributed by atoms with E-state index in [1.807, 2.05) is 12.1 Å². The highest BCUT2D eigenvalue weighted by molar-refractivity contribution is 6.32. The molecular weight excluding hydrogens is 304 g/mol. The quantitative estimate of drug-likeness (QED) is 0.475. The van der Waals surface area contributed by atoms with Crippen molar-refractivity contribution in [1.82, 2.24) is 0 Å². The predicted octanol–water partition coefficient (Wildman–Crippen LogP) is 7.15. The van der Waals surface area contributed by atoms with Gasteiger partial charge in [0.05, 0.1) is 5.02 Å². The molecule has 0 saturated heterocycles. The maximum absolute atomic E-state index is 9.48. The molecule has 0 bridgehead atoms. The van der Waals surface area contributed by atoms with Crippen molar-refractivity contribution in [1.29, 1.82) is 0 Å². The van der Waals surface area contributed by atoms with Gasteiger partial charge in [-0.25, -0.2) is 0 Å². The summed E-state index contributed by atoms with van der Waals surface area (Å²) < 4.78 is 0. The van der Waals surface area contributed by atoms with Gasteiger partial charge in [0.15, 0.2) is 0 Å². The second-order valence-corrected chi connectivity index (χ2v) is 7.82. The van der Waals surface area contributed by atoms with Gasteiger partial charge in [-0.05, 0) is 42.4 Å². The molecule has 0 unspecified atom stereocenters. The van der Waals surface area contributed by atoms with Crippen molar-refractivity contribution in [2.45, 2.75) is 84.0 Å². The molecule has 1 nitrogen and oxygen atoms in total. The van der Waals surface area contributed by atoms with E-state index in [-0.39, 0.29) is 5.75 Å². The molecule has 0 atom stereocenters. The zero-order valence-electron chi connectivity index (χ0n) is 14.7. The lowest BCUT2D eigenvalue weighted by Gasteiger charge is -2.28. The second-order valence-electron chi connectivity index (χ2n) is 7.41. The number of phenolic OH excluding ortho intramolecular Hbond substituents is 1. The highest BCUT2D eigenvalue weighted by Gasteiger charge is 2.20. The smallest absolute Gasteiger partial charge is 0.134 e. The van der Waals surface area contributed by atoms with Crippen LogP contribution in [0.3, 0.4) is 0 Å². The molecule has 0 radical (unpaired) electrons. The molecule has 1 aliphatic carbocycles. The van der Waals surface area contributed by atoms with E-state index in [2.05, 4.69) is 6.92 Å². The van der Waals surface area contributed by atoms with Gasteiger partial charge in [0.2, 0.25) is 0 Å². The summed E-state index contributed by atoms with van der Waals surface area (Å²) in [5.41, 5.74) is 1.26. The molecule has 2 heteroatoms. The minimum Gasteiger partial charge on any atom is -0.506 e. The van der Waals surface area contributed by atoms with Crippen LogP contribution in [0.2, 0.25) is 5.02 Å². The average molecular weight is 337 g/mol. The Morgan fingerprint density at radius 3 is 2.26 bits per heavy atom. The third-order valence-corrected chi connectivity index (χ3v) is 5.84. The molecule has 0 aromatic heterocycles. The molecule has 1 aromatic rings. The van der Waals surface area contributed by atoms with Crippen molar-refractivity contribution >= 4 is 11.6 Å². The Morgan fingerprint density at radius 1 is 0.957 bits per heavy atom. The van der Waals surface area contributed by atoms with Crippen molar-refractivity contribution in [3.63, 3.8) is 0 Å². The monoisotopic (exact) mass is 336 g/mol. The summed E-state index contributed by atoms with van der Waals surface area (Å²) in [6.07, 6.45) is 16.6. The fraction of sp³-hybridized carbons (Fsp3) is 0.714. The molecule has 0 aliphatic heterocycles. The molecule has 0 spiro atoms. The van der Waals surface area contributed by atoms with Crippen LogP contribution in [0.25, 0.3) is 0 Å². The van der Waals surface area contributed by atoms with Gasteiger partial charge in [-0.3, -0.25) is 0 Å². The molecule has 1 aromatic carbocycles. The summed E-state index contributed by atoms with van der Waals surface area (Å²) in [4.78, 5) is 0. The molecule has 130 valence electrons. The maximum Gasteiger partial charge on any atom is 0.134 e. The van der Waals surface area contributed by atoms with Crippen LogP contribution < -0.4 is 0 Å². The van der Waals surface area contributed by atoms with E-state index in [1.165, 1.54) is 76.2 Å². The van der Waals surface area contributed by atoms with Crippen LogP contribution in [0.5, 0.6) is 5.75 Å². The van der Waals surface area contributed by atoms with Gasteiger partial charge in [-0.1, -0.05) is 88.8 Å². The van der Waals surface area contributed by atoms with Crippen LogP contribution in [-0.4, -0.2) is 5.11 Å². The number of halogens is 1. The number of unbranched alkanes of at least 4 members (excludes halogenated alkanes) is 4. The van der Waals surface area contributed by atoms with E-state index in [1.54, 1.807) is 6.07 Å². The summed E-state index contributed by atoms with van der Waals surface area (Å²) in [6.45, 7) is 2.29. The molecule has 23 heavy (non-hydrogen) atoms. The van der Waals surface area contributed by atoms with Gasteiger partial charge in [-0.15, -0.1) is 0 Å². The van der Waals surface area contributed by atoms with Gasteiger partial charge in [0.25, 0.3) is 0 Å². The van der Waals surface area contributed by atoms with Crippen molar-refractivity contribution in [2.75, 3.05) is 0 Å². The van der Waals surface area contributed by atoms with Crippen LogP contribution in [0, 0.1) is 11.8 Å². The van der Waals surface area contributed by atoms with Gasteiger partial charge in [-0.2, -0.15) is 0 Å². The van der Waals surface area contributed by atoms with Crippen LogP contribution >= 0.6 is 11.6 Å². The van der Waals surface area contributed by atoms with E-state index in [0.717, 1.165) is 18.3 Å². The maximum atomic E-state index is 9.48. The summed E-state index contributed by atoms with van der Waals surface area (Å²) in [7, 11) is 0. The Kier molecular flexibility index (Phi) is 8.30. The fourth-order valence-electron chi connectivity index (χ4n) is 3.92. The van der Waals surface area contributed by atoms with Crippen LogP contribution in [0.4, 0.5) is 0 Å². The van der Waals surface area contributed by atoms with Crippen molar-refractivity contribution in [3.05, 3.63) is 28.8 Å². The molecule has 2 rings (SSSR count). The number of hydrogen-bond donors (Lipinski definition) is 1. The second kappa shape index (κ2) is 10.2. The number of hydrogen-bond acceptors (Lipinski definition) is 1. The lowest BCUT2D eigenvalue weighted by Crippen LogP contribution is -2.15. The number of aryl methyl sites for hydroxylation is 1. The highest BCUT2D eigenvalue weighted by Crippen LogP contribution is 2.34. The Balaban J connectivity index is 1.60. The first-order chi connectivity index (χ1) is 11.2. The van der Waals surface area contributed by atoms with E-state index in [0.29, 0.717) is 5.02 Å². The molecular formula is C21H33ClO.